The van der Waals surface area contributed by atoms with Gasteiger partial charge in [0.1, 0.15) is 6.07 Å². The van der Waals surface area contributed by atoms with Crippen LogP contribution in [-0.4, -0.2) is 19.9 Å². The van der Waals surface area contributed by atoms with Gasteiger partial charge in [0.05, 0.1) is 17.2 Å². The van der Waals surface area contributed by atoms with Crippen LogP contribution in [0.2, 0.25) is 0 Å². The molecule has 1 aromatic heterocycles. The van der Waals surface area contributed by atoms with E-state index in [9.17, 15) is 15.4 Å². The highest BCUT2D eigenvalue weighted by Crippen LogP contribution is 2.16. The minimum absolute atomic E-state index is 0.0413. The minimum atomic E-state index is -0.437. The zero-order valence-corrected chi connectivity index (χ0v) is 12.7. The highest BCUT2D eigenvalue weighted by atomic mass is 16.6. The molecule has 0 amide bonds. The average molecular weight is 319 g/mol. The lowest BCUT2D eigenvalue weighted by atomic mass is 10.1. The van der Waals surface area contributed by atoms with Gasteiger partial charge in [0.25, 0.3) is 5.69 Å². The molecule has 0 atom stereocenters. The van der Waals surface area contributed by atoms with Crippen LogP contribution in [0, 0.1) is 21.4 Å². The van der Waals surface area contributed by atoms with Crippen LogP contribution in [0.3, 0.4) is 0 Å². The predicted octanol–water partition coefficient (Wildman–Crippen LogP) is 2.70. The summed E-state index contributed by atoms with van der Waals surface area (Å²) < 4.78 is 1.66. The highest BCUT2D eigenvalue weighted by Gasteiger charge is 2.14. The molecule has 7 nitrogen and oxygen atoms in total. The van der Waals surface area contributed by atoms with E-state index in [-0.39, 0.29) is 5.69 Å². The van der Waals surface area contributed by atoms with Crippen molar-refractivity contribution in [2.75, 3.05) is 0 Å². The Balaban J connectivity index is 1.87. The molecular weight excluding hydrogens is 306 g/mol. The van der Waals surface area contributed by atoms with Gasteiger partial charge in [0, 0.05) is 18.6 Å². The summed E-state index contributed by atoms with van der Waals surface area (Å²) in [4.78, 5) is 10.3. The molecule has 0 aliphatic rings. The number of benzene rings is 2. The zero-order valence-electron chi connectivity index (χ0n) is 12.7. The molecule has 2 aromatic carbocycles. The Morgan fingerprint density at radius 2 is 1.79 bits per heavy atom. The molecule has 0 radical (unpaired) electrons. The van der Waals surface area contributed by atoms with Gasteiger partial charge in [-0.1, -0.05) is 47.7 Å². The van der Waals surface area contributed by atoms with Crippen LogP contribution in [0.5, 0.6) is 0 Å². The van der Waals surface area contributed by atoms with Crippen LogP contribution in [0.25, 0.3) is 0 Å². The third-order valence-corrected chi connectivity index (χ3v) is 3.64. The van der Waals surface area contributed by atoms with Crippen molar-refractivity contribution in [2.24, 2.45) is 0 Å². The first-order valence-corrected chi connectivity index (χ1v) is 7.27. The molecule has 0 spiro atoms. The topological polar surface area (TPSA) is 97.6 Å². The molecule has 118 valence electrons. The summed E-state index contributed by atoms with van der Waals surface area (Å²) >= 11 is 0. The maximum absolute atomic E-state index is 10.7. The maximum atomic E-state index is 10.7. The molecule has 0 aliphatic heterocycles. The molecule has 0 aliphatic carbocycles. The molecule has 0 bridgehead atoms. The molecule has 1 heterocycles. The summed E-state index contributed by atoms with van der Waals surface area (Å²) in [6.07, 6.45) is 0.545. The van der Waals surface area contributed by atoms with Gasteiger partial charge in [0.15, 0.2) is 5.69 Å². The Morgan fingerprint density at radius 1 is 1.08 bits per heavy atom. The largest absolute Gasteiger partial charge is 0.269 e. The number of rotatable bonds is 5. The van der Waals surface area contributed by atoms with Gasteiger partial charge in [-0.3, -0.25) is 10.1 Å². The lowest BCUT2D eigenvalue weighted by Gasteiger charge is -2.07. The van der Waals surface area contributed by atoms with Crippen LogP contribution in [0.4, 0.5) is 5.69 Å². The van der Waals surface area contributed by atoms with Crippen molar-refractivity contribution in [3.05, 3.63) is 87.2 Å². The molecule has 7 heteroatoms. The van der Waals surface area contributed by atoms with Gasteiger partial charge < -0.3 is 0 Å². The molecule has 0 unspecified atom stereocenters. The van der Waals surface area contributed by atoms with E-state index in [4.69, 9.17) is 0 Å². The predicted molar refractivity (Wildman–Crippen MR) is 86.2 cm³/mol. The summed E-state index contributed by atoms with van der Waals surface area (Å²) in [6, 6.07) is 18.1. The average Bonchev–Trinajstić information content (AvgIpc) is 2.98. The van der Waals surface area contributed by atoms with Crippen LogP contribution in [0.15, 0.2) is 54.6 Å². The van der Waals surface area contributed by atoms with E-state index in [1.165, 1.54) is 12.1 Å². The van der Waals surface area contributed by atoms with E-state index in [1.54, 1.807) is 16.8 Å². The molecule has 0 saturated heterocycles. The van der Waals surface area contributed by atoms with Crippen molar-refractivity contribution in [2.45, 2.75) is 13.0 Å². The van der Waals surface area contributed by atoms with Crippen LogP contribution < -0.4 is 0 Å². The monoisotopic (exact) mass is 319 g/mol. The Morgan fingerprint density at radius 3 is 2.42 bits per heavy atom. The number of non-ortho nitro benzene ring substituents is 1. The fourth-order valence-electron chi connectivity index (χ4n) is 2.41. The smallest absolute Gasteiger partial charge is 0.258 e. The second kappa shape index (κ2) is 6.71. The summed E-state index contributed by atoms with van der Waals surface area (Å²) in [5.74, 6) is 0. The fourth-order valence-corrected chi connectivity index (χ4v) is 2.41. The van der Waals surface area contributed by atoms with Crippen molar-refractivity contribution in [1.82, 2.24) is 15.0 Å². The van der Waals surface area contributed by atoms with E-state index in [1.807, 2.05) is 30.3 Å². The highest BCUT2D eigenvalue weighted by molar-refractivity contribution is 5.34. The lowest BCUT2D eigenvalue weighted by Crippen LogP contribution is -2.08. The number of nitro groups is 1. The Hall–Kier alpha value is -3.53. The quantitative estimate of drug-likeness (QED) is 0.532. The van der Waals surface area contributed by atoms with Gasteiger partial charge in [-0.15, -0.1) is 5.10 Å². The summed E-state index contributed by atoms with van der Waals surface area (Å²) in [5, 5.41) is 27.9. The molecule has 0 N–H and O–H groups in total. The molecular formula is C17H13N5O2. The Bertz CT molecular complexity index is 895. The van der Waals surface area contributed by atoms with Crippen molar-refractivity contribution >= 4 is 5.69 Å². The van der Waals surface area contributed by atoms with Crippen LogP contribution >= 0.6 is 0 Å². The minimum Gasteiger partial charge on any atom is -0.258 e. The normalized spacial score (nSPS) is 10.3. The Kier molecular flexibility index (Phi) is 4.29. The van der Waals surface area contributed by atoms with Crippen molar-refractivity contribution in [3.8, 4) is 6.07 Å². The summed E-state index contributed by atoms with van der Waals surface area (Å²) in [7, 11) is 0. The van der Waals surface area contributed by atoms with Gasteiger partial charge in [-0.05, 0) is 11.1 Å². The third-order valence-electron chi connectivity index (χ3n) is 3.64. The lowest BCUT2D eigenvalue weighted by molar-refractivity contribution is -0.384. The maximum Gasteiger partial charge on any atom is 0.269 e. The standard InChI is InChI=1S/C17H13N5O2/c18-11-16-17(10-13-4-2-1-3-5-13)21(20-19-16)12-14-6-8-15(9-7-14)22(23)24/h1-9H,10,12H2. The van der Waals surface area contributed by atoms with Crippen LogP contribution in [-0.2, 0) is 13.0 Å². The molecule has 3 aromatic rings. The van der Waals surface area contributed by atoms with E-state index in [0.717, 1.165) is 16.8 Å². The summed E-state index contributed by atoms with van der Waals surface area (Å²) in [6.45, 7) is 0.398. The number of hydrogen-bond donors (Lipinski definition) is 0. The molecule has 0 fully saturated rings. The van der Waals surface area contributed by atoms with Gasteiger partial charge >= 0.3 is 0 Å². The van der Waals surface area contributed by atoms with E-state index < -0.39 is 4.92 Å². The van der Waals surface area contributed by atoms with Crippen molar-refractivity contribution < 1.29 is 4.92 Å². The van der Waals surface area contributed by atoms with Crippen LogP contribution in [0.1, 0.15) is 22.5 Å². The first-order chi connectivity index (χ1) is 11.7. The Labute approximate surface area is 137 Å². The zero-order chi connectivity index (χ0) is 16.9. The second-order valence-corrected chi connectivity index (χ2v) is 5.24. The number of nitrogens with zero attached hydrogens (tertiary/aromatic N) is 5. The second-order valence-electron chi connectivity index (χ2n) is 5.24. The molecule has 3 rings (SSSR count). The van der Waals surface area contributed by atoms with E-state index >= 15 is 0 Å². The first kappa shape index (κ1) is 15.4. The third kappa shape index (κ3) is 3.28. The fraction of sp³-hybridized carbons (Fsp3) is 0.118. The van der Waals surface area contributed by atoms with E-state index in [2.05, 4.69) is 16.4 Å². The van der Waals surface area contributed by atoms with Gasteiger partial charge in [-0.25, -0.2) is 4.68 Å². The van der Waals surface area contributed by atoms with Crippen molar-refractivity contribution in [3.63, 3.8) is 0 Å². The molecule has 0 saturated carbocycles. The number of aromatic nitrogens is 3. The van der Waals surface area contributed by atoms with Gasteiger partial charge in [0.2, 0.25) is 0 Å². The van der Waals surface area contributed by atoms with E-state index in [0.29, 0.717) is 18.7 Å². The SMILES string of the molecule is N#Cc1nnn(Cc2ccc([N+](=O)[O-])cc2)c1Cc1ccccc1. The van der Waals surface area contributed by atoms with Crippen molar-refractivity contribution in [1.29, 1.82) is 5.26 Å². The first-order valence-electron chi connectivity index (χ1n) is 7.27. The summed E-state index contributed by atoms with van der Waals surface area (Å²) in [5.41, 5.74) is 2.97. The van der Waals surface area contributed by atoms with Gasteiger partial charge in [-0.2, -0.15) is 5.26 Å². The number of nitriles is 1. The number of hydrogen-bond acceptors (Lipinski definition) is 5. The molecule has 24 heavy (non-hydrogen) atoms. The number of nitro benzene ring substituents is 1.